The number of H-pyrrole nitrogens is 1. The molecule has 0 bridgehead atoms. The average molecular weight is 243 g/mol. The third-order valence-electron chi connectivity index (χ3n) is 2.73. The van der Waals surface area contributed by atoms with Crippen molar-refractivity contribution in [1.82, 2.24) is 4.98 Å². The lowest BCUT2D eigenvalue weighted by atomic mass is 10.0. The van der Waals surface area contributed by atoms with E-state index in [-0.39, 0.29) is 5.56 Å². The van der Waals surface area contributed by atoms with Gasteiger partial charge in [-0.3, -0.25) is 9.59 Å². The number of hydrogen-bond acceptors (Lipinski definition) is 3. The number of primary amides is 1. The Morgan fingerprint density at radius 2 is 1.83 bits per heavy atom. The highest BCUT2D eigenvalue weighted by Gasteiger charge is 2.11. The van der Waals surface area contributed by atoms with Crippen LogP contribution in [0.25, 0.3) is 11.1 Å². The Morgan fingerprint density at radius 3 is 2.39 bits per heavy atom. The number of carbonyl (C=O) groups excluding carboxylic acids is 1. The maximum atomic E-state index is 11.5. The maximum Gasteiger partial charge on any atom is 0.261 e. The number of nitrogen functional groups attached to an aromatic ring is 1. The Balaban J connectivity index is 2.64. The number of rotatable bonds is 2. The number of carbonyl (C=O) groups is 1. The molecule has 0 aliphatic rings. The van der Waals surface area contributed by atoms with Crippen LogP contribution in [0.2, 0.25) is 0 Å². The summed E-state index contributed by atoms with van der Waals surface area (Å²) >= 11 is 0. The molecule has 0 aliphatic carbocycles. The van der Waals surface area contributed by atoms with Crippen LogP contribution in [0.3, 0.4) is 0 Å². The Kier molecular flexibility index (Phi) is 2.89. The van der Waals surface area contributed by atoms with Gasteiger partial charge in [0, 0.05) is 16.9 Å². The zero-order valence-corrected chi connectivity index (χ0v) is 9.86. The number of pyridine rings is 1. The van der Waals surface area contributed by atoms with E-state index in [0.29, 0.717) is 11.4 Å². The van der Waals surface area contributed by atoms with Crippen LogP contribution in [0.4, 0.5) is 5.69 Å². The summed E-state index contributed by atoms with van der Waals surface area (Å²) in [6.45, 7) is 1.76. The van der Waals surface area contributed by atoms with Gasteiger partial charge in [0.1, 0.15) is 5.56 Å². The number of aromatic amines is 1. The van der Waals surface area contributed by atoms with E-state index in [1.165, 1.54) is 6.07 Å². The molecule has 0 saturated heterocycles. The molecule has 0 fully saturated rings. The topological polar surface area (TPSA) is 102 Å². The van der Waals surface area contributed by atoms with Gasteiger partial charge >= 0.3 is 0 Å². The van der Waals surface area contributed by atoms with Gasteiger partial charge in [0.15, 0.2) is 0 Å². The molecule has 92 valence electrons. The van der Waals surface area contributed by atoms with Crippen LogP contribution >= 0.6 is 0 Å². The zero-order valence-electron chi connectivity index (χ0n) is 9.86. The number of aromatic nitrogens is 1. The molecule has 0 unspecified atom stereocenters. The second-order valence-corrected chi connectivity index (χ2v) is 4.04. The molecular weight excluding hydrogens is 230 g/mol. The third kappa shape index (κ3) is 2.10. The van der Waals surface area contributed by atoms with Gasteiger partial charge in [-0.15, -0.1) is 0 Å². The predicted molar refractivity (Wildman–Crippen MR) is 70.2 cm³/mol. The van der Waals surface area contributed by atoms with Crippen LogP contribution in [0, 0.1) is 6.92 Å². The standard InChI is InChI=1S/C13H13N3O2/c1-7-10(8-2-4-9(14)5-3-8)6-11(12(15)17)13(18)16-7/h2-6H,14H2,1H3,(H2,15,17)(H,16,18). The van der Waals surface area contributed by atoms with E-state index in [2.05, 4.69) is 4.98 Å². The Morgan fingerprint density at radius 1 is 1.22 bits per heavy atom. The van der Waals surface area contributed by atoms with Crippen molar-refractivity contribution in [3.05, 3.63) is 51.9 Å². The first-order valence-corrected chi connectivity index (χ1v) is 5.38. The van der Waals surface area contributed by atoms with Crippen molar-refractivity contribution >= 4 is 11.6 Å². The van der Waals surface area contributed by atoms with Gasteiger partial charge in [0.2, 0.25) is 0 Å². The fourth-order valence-corrected chi connectivity index (χ4v) is 1.77. The number of nitrogens with one attached hydrogen (secondary N) is 1. The molecule has 0 atom stereocenters. The van der Waals surface area contributed by atoms with E-state index in [9.17, 15) is 9.59 Å². The molecule has 0 radical (unpaired) electrons. The van der Waals surface area contributed by atoms with E-state index in [4.69, 9.17) is 11.5 Å². The lowest BCUT2D eigenvalue weighted by Gasteiger charge is -2.07. The largest absolute Gasteiger partial charge is 0.399 e. The Labute approximate surface area is 103 Å². The fraction of sp³-hybridized carbons (Fsp3) is 0.0769. The Bertz CT molecular complexity index is 657. The third-order valence-corrected chi connectivity index (χ3v) is 2.73. The summed E-state index contributed by atoms with van der Waals surface area (Å²) in [5.74, 6) is -0.743. The first-order chi connectivity index (χ1) is 8.49. The summed E-state index contributed by atoms with van der Waals surface area (Å²) in [6.07, 6.45) is 0. The van der Waals surface area contributed by atoms with E-state index in [1.807, 2.05) is 12.1 Å². The number of hydrogen-bond donors (Lipinski definition) is 3. The van der Waals surface area contributed by atoms with Crippen molar-refractivity contribution in [2.24, 2.45) is 5.73 Å². The lowest BCUT2D eigenvalue weighted by Crippen LogP contribution is -2.24. The summed E-state index contributed by atoms with van der Waals surface area (Å²) in [6, 6.07) is 8.65. The summed E-state index contributed by atoms with van der Waals surface area (Å²) in [4.78, 5) is 25.3. The molecule has 1 heterocycles. The predicted octanol–water partition coefficient (Wildman–Crippen LogP) is 1.03. The van der Waals surface area contributed by atoms with E-state index < -0.39 is 11.5 Å². The van der Waals surface area contributed by atoms with Crippen LogP contribution in [0.5, 0.6) is 0 Å². The van der Waals surface area contributed by atoms with Crippen molar-refractivity contribution in [1.29, 1.82) is 0 Å². The molecule has 0 saturated carbocycles. The molecule has 2 rings (SSSR count). The fourth-order valence-electron chi connectivity index (χ4n) is 1.77. The van der Waals surface area contributed by atoms with Gasteiger partial charge in [0.25, 0.3) is 11.5 Å². The van der Waals surface area contributed by atoms with Crippen LogP contribution in [0.15, 0.2) is 35.1 Å². The second kappa shape index (κ2) is 4.37. The molecule has 0 spiro atoms. The van der Waals surface area contributed by atoms with Gasteiger partial charge in [-0.1, -0.05) is 12.1 Å². The van der Waals surface area contributed by atoms with Gasteiger partial charge < -0.3 is 16.5 Å². The first-order valence-electron chi connectivity index (χ1n) is 5.38. The normalized spacial score (nSPS) is 10.3. The number of amides is 1. The van der Waals surface area contributed by atoms with Crippen molar-refractivity contribution in [2.75, 3.05) is 5.73 Å². The van der Waals surface area contributed by atoms with Crippen LogP contribution < -0.4 is 17.0 Å². The molecule has 1 aromatic carbocycles. The van der Waals surface area contributed by atoms with Crippen molar-refractivity contribution in [2.45, 2.75) is 6.92 Å². The zero-order chi connectivity index (χ0) is 13.3. The van der Waals surface area contributed by atoms with E-state index in [1.54, 1.807) is 19.1 Å². The molecule has 5 nitrogen and oxygen atoms in total. The molecule has 5 heteroatoms. The highest BCUT2D eigenvalue weighted by molar-refractivity contribution is 5.93. The highest BCUT2D eigenvalue weighted by atomic mass is 16.2. The SMILES string of the molecule is Cc1[nH]c(=O)c(C(N)=O)cc1-c1ccc(N)cc1. The summed E-state index contributed by atoms with van der Waals surface area (Å²) < 4.78 is 0. The maximum absolute atomic E-state index is 11.5. The molecule has 1 amide bonds. The minimum atomic E-state index is -0.743. The molecular formula is C13H13N3O2. The lowest BCUT2D eigenvalue weighted by molar-refractivity contribution is 0.0999. The van der Waals surface area contributed by atoms with Crippen LogP contribution in [0.1, 0.15) is 16.1 Å². The molecule has 2 aromatic rings. The van der Waals surface area contributed by atoms with Crippen molar-refractivity contribution in [3.8, 4) is 11.1 Å². The first kappa shape index (κ1) is 11.9. The van der Waals surface area contributed by atoms with E-state index in [0.717, 1.165) is 11.1 Å². The highest BCUT2D eigenvalue weighted by Crippen LogP contribution is 2.22. The quantitative estimate of drug-likeness (QED) is 0.686. The summed E-state index contributed by atoms with van der Waals surface area (Å²) in [7, 11) is 0. The Hall–Kier alpha value is -2.56. The number of nitrogens with two attached hydrogens (primary N) is 2. The molecule has 0 aliphatic heterocycles. The van der Waals surface area contributed by atoms with Crippen LogP contribution in [-0.2, 0) is 0 Å². The second-order valence-electron chi connectivity index (χ2n) is 4.04. The smallest absolute Gasteiger partial charge is 0.261 e. The number of benzene rings is 1. The van der Waals surface area contributed by atoms with Gasteiger partial charge in [0.05, 0.1) is 0 Å². The van der Waals surface area contributed by atoms with Crippen molar-refractivity contribution in [3.63, 3.8) is 0 Å². The summed E-state index contributed by atoms with van der Waals surface area (Å²) in [5, 5.41) is 0. The minimum absolute atomic E-state index is 0.0487. The monoisotopic (exact) mass is 243 g/mol. The number of anilines is 1. The minimum Gasteiger partial charge on any atom is -0.399 e. The number of aryl methyl sites for hydroxylation is 1. The molecule has 1 aromatic heterocycles. The average Bonchev–Trinajstić information content (AvgIpc) is 2.30. The summed E-state index contributed by atoms with van der Waals surface area (Å²) in [5.41, 5.74) is 13.2. The van der Waals surface area contributed by atoms with Crippen LogP contribution in [-0.4, -0.2) is 10.9 Å². The van der Waals surface area contributed by atoms with Gasteiger partial charge in [-0.05, 0) is 30.7 Å². The molecule has 5 N–H and O–H groups in total. The van der Waals surface area contributed by atoms with E-state index >= 15 is 0 Å². The van der Waals surface area contributed by atoms with Crippen molar-refractivity contribution < 1.29 is 4.79 Å². The van der Waals surface area contributed by atoms with Gasteiger partial charge in [-0.2, -0.15) is 0 Å². The van der Waals surface area contributed by atoms with Gasteiger partial charge in [-0.25, -0.2) is 0 Å². The molecule has 18 heavy (non-hydrogen) atoms.